The van der Waals surface area contributed by atoms with Crippen molar-refractivity contribution in [2.45, 2.75) is 98.2 Å². The first kappa shape index (κ1) is 24.1. The molecule has 2 fully saturated rings. The van der Waals surface area contributed by atoms with Gasteiger partial charge >= 0.3 is 5.97 Å². The van der Waals surface area contributed by atoms with Crippen molar-refractivity contribution in [3.8, 4) is 0 Å². The van der Waals surface area contributed by atoms with Crippen LogP contribution in [0.25, 0.3) is 0 Å². The summed E-state index contributed by atoms with van der Waals surface area (Å²) < 4.78 is 16.7. The molecule has 0 aromatic carbocycles. The third-order valence-electron chi connectivity index (χ3n) is 6.51. The number of hydrogen-bond acceptors (Lipinski definition) is 5. The zero-order valence-corrected chi connectivity index (χ0v) is 19.4. The minimum Gasteiger partial charge on any atom is -0.457 e. The fourth-order valence-corrected chi connectivity index (χ4v) is 4.64. The first-order chi connectivity index (χ1) is 13.4. The van der Waals surface area contributed by atoms with Crippen LogP contribution in [0.4, 0.5) is 0 Å². The van der Waals surface area contributed by atoms with Crippen LogP contribution in [-0.2, 0) is 23.8 Å². The van der Waals surface area contributed by atoms with Crippen molar-refractivity contribution in [1.82, 2.24) is 0 Å². The summed E-state index contributed by atoms with van der Waals surface area (Å²) in [6.45, 7) is 12.2. The van der Waals surface area contributed by atoms with Crippen LogP contribution in [0.5, 0.6) is 0 Å². The molecule has 0 unspecified atom stereocenters. The Hall–Kier alpha value is -1.20. The van der Waals surface area contributed by atoms with Crippen molar-refractivity contribution in [2.24, 2.45) is 16.7 Å². The van der Waals surface area contributed by atoms with Crippen molar-refractivity contribution < 1.29 is 23.8 Å². The van der Waals surface area contributed by atoms with E-state index in [0.717, 1.165) is 37.7 Å². The molecule has 2 aliphatic rings. The number of esters is 1. The van der Waals surface area contributed by atoms with Gasteiger partial charge in [0.25, 0.3) is 0 Å². The van der Waals surface area contributed by atoms with E-state index in [4.69, 9.17) is 14.2 Å². The maximum atomic E-state index is 12.6. The molecule has 3 atom stereocenters. The molecule has 0 amide bonds. The maximum Gasteiger partial charge on any atom is 0.311 e. The van der Waals surface area contributed by atoms with Crippen LogP contribution in [0, 0.1) is 16.7 Å². The van der Waals surface area contributed by atoms with Gasteiger partial charge in [0.1, 0.15) is 18.7 Å². The van der Waals surface area contributed by atoms with E-state index in [1.54, 1.807) is 7.11 Å². The zero-order valence-electron chi connectivity index (χ0n) is 19.4. The van der Waals surface area contributed by atoms with E-state index in [1.807, 2.05) is 20.8 Å². The smallest absolute Gasteiger partial charge is 0.311 e. The second-order valence-corrected chi connectivity index (χ2v) is 10.5. The van der Waals surface area contributed by atoms with Gasteiger partial charge in [-0.1, -0.05) is 13.0 Å². The number of unbranched alkanes of at least 4 members (excludes halogenated alkanes) is 1. The van der Waals surface area contributed by atoms with Gasteiger partial charge in [-0.2, -0.15) is 0 Å². The first-order valence-electron chi connectivity index (χ1n) is 11.0. The predicted molar refractivity (Wildman–Crippen MR) is 113 cm³/mol. The lowest BCUT2D eigenvalue weighted by molar-refractivity contribution is -0.157. The highest BCUT2D eigenvalue weighted by atomic mass is 16.7. The van der Waals surface area contributed by atoms with Gasteiger partial charge in [0.05, 0.1) is 11.0 Å². The van der Waals surface area contributed by atoms with E-state index in [0.29, 0.717) is 25.4 Å². The van der Waals surface area contributed by atoms with Crippen LogP contribution in [0.1, 0.15) is 86.5 Å². The van der Waals surface area contributed by atoms with Crippen molar-refractivity contribution in [2.75, 3.05) is 13.9 Å². The second kappa shape index (κ2) is 9.30. The minimum atomic E-state index is -0.549. The van der Waals surface area contributed by atoms with Crippen molar-refractivity contribution >= 4 is 11.8 Å². The number of carbonyl (C=O) groups excluding carboxylic acids is 2. The molecule has 0 N–H and O–H groups in total. The summed E-state index contributed by atoms with van der Waals surface area (Å²) in [6.07, 6.45) is 7.91. The molecule has 5 nitrogen and oxygen atoms in total. The average molecular weight is 409 g/mol. The standard InChI is InChI=1S/C24H40O5/c1-22(2,3)21(26)29-20-15-18-19(25)12-10-14-24(18,6)17(20)11-8-9-13-23(4,5)28-16-27-7/h11,18,20H,8-10,12-16H2,1-7H3/b17-11-/t18-,20+,24+/m0/s1. The van der Waals surface area contributed by atoms with E-state index < -0.39 is 5.41 Å². The molecule has 0 saturated heterocycles. The Bertz CT molecular complexity index is 628. The lowest BCUT2D eigenvalue weighted by atomic mass is 9.67. The molecule has 166 valence electrons. The number of allylic oxidation sites excluding steroid dienone is 1. The summed E-state index contributed by atoms with van der Waals surface area (Å²) in [7, 11) is 1.63. The van der Waals surface area contributed by atoms with Crippen LogP contribution < -0.4 is 0 Å². The highest BCUT2D eigenvalue weighted by molar-refractivity contribution is 5.84. The highest BCUT2D eigenvalue weighted by Gasteiger charge is 2.53. The maximum absolute atomic E-state index is 12.6. The third kappa shape index (κ3) is 5.91. The fraction of sp³-hybridized carbons (Fsp3) is 0.833. The third-order valence-corrected chi connectivity index (χ3v) is 6.51. The summed E-state index contributed by atoms with van der Waals surface area (Å²) in [5.74, 6) is 0.104. The molecular weight excluding hydrogens is 368 g/mol. The summed E-state index contributed by atoms with van der Waals surface area (Å²) in [6, 6.07) is 0. The number of methoxy groups -OCH3 is 1. The second-order valence-electron chi connectivity index (χ2n) is 10.5. The minimum absolute atomic E-state index is 0.0262. The first-order valence-corrected chi connectivity index (χ1v) is 11.0. The number of ketones is 1. The van der Waals surface area contributed by atoms with Gasteiger partial charge in [-0.15, -0.1) is 0 Å². The Labute approximate surface area is 176 Å². The van der Waals surface area contributed by atoms with Crippen LogP contribution in [0.3, 0.4) is 0 Å². The molecule has 0 radical (unpaired) electrons. The number of carbonyl (C=O) groups is 2. The topological polar surface area (TPSA) is 61.8 Å². The van der Waals surface area contributed by atoms with E-state index in [1.165, 1.54) is 0 Å². The molecule has 0 aliphatic heterocycles. The number of hydrogen-bond donors (Lipinski definition) is 0. The molecule has 29 heavy (non-hydrogen) atoms. The van der Waals surface area contributed by atoms with Gasteiger partial charge < -0.3 is 14.2 Å². The number of Topliss-reactive ketones (excluding diaryl/α,β-unsaturated/α-hetero) is 1. The fourth-order valence-electron chi connectivity index (χ4n) is 4.64. The van der Waals surface area contributed by atoms with Gasteiger partial charge in [0.2, 0.25) is 0 Å². The van der Waals surface area contributed by atoms with Crippen LogP contribution >= 0.6 is 0 Å². The normalized spacial score (nSPS) is 29.2. The van der Waals surface area contributed by atoms with Crippen molar-refractivity contribution in [1.29, 1.82) is 0 Å². The van der Waals surface area contributed by atoms with Gasteiger partial charge in [-0.3, -0.25) is 9.59 Å². The van der Waals surface area contributed by atoms with Gasteiger partial charge in [0.15, 0.2) is 0 Å². The van der Waals surface area contributed by atoms with Gasteiger partial charge in [0, 0.05) is 24.9 Å². The molecule has 2 rings (SSSR count). The summed E-state index contributed by atoms with van der Waals surface area (Å²) in [5.41, 5.74) is 0.186. The van der Waals surface area contributed by atoms with Crippen molar-refractivity contribution in [3.05, 3.63) is 11.6 Å². The summed E-state index contributed by atoms with van der Waals surface area (Å²) >= 11 is 0. The lowest BCUT2D eigenvalue weighted by Crippen LogP contribution is -2.34. The Morgan fingerprint density at radius 1 is 1.24 bits per heavy atom. The molecular formula is C24H40O5. The largest absolute Gasteiger partial charge is 0.457 e. The summed E-state index contributed by atoms with van der Waals surface area (Å²) in [4.78, 5) is 25.2. The molecule has 0 aromatic heterocycles. The van der Waals surface area contributed by atoms with Gasteiger partial charge in [-0.05, 0) is 78.7 Å². The summed E-state index contributed by atoms with van der Waals surface area (Å²) in [5, 5.41) is 0. The number of fused-ring (bicyclic) bond motifs is 1. The Morgan fingerprint density at radius 3 is 2.55 bits per heavy atom. The van der Waals surface area contributed by atoms with Gasteiger partial charge in [-0.25, -0.2) is 0 Å². The molecule has 0 aromatic rings. The van der Waals surface area contributed by atoms with Crippen LogP contribution in [0.2, 0.25) is 0 Å². The molecule has 2 aliphatic carbocycles. The van der Waals surface area contributed by atoms with E-state index >= 15 is 0 Å². The van der Waals surface area contributed by atoms with E-state index in [2.05, 4.69) is 26.8 Å². The van der Waals surface area contributed by atoms with E-state index in [9.17, 15) is 9.59 Å². The predicted octanol–water partition coefficient (Wildman–Crippen LogP) is 5.22. The lowest BCUT2D eigenvalue weighted by Gasteiger charge is -2.36. The Kier molecular flexibility index (Phi) is 7.72. The van der Waals surface area contributed by atoms with E-state index in [-0.39, 0.29) is 29.0 Å². The Balaban J connectivity index is 2.13. The average Bonchev–Trinajstić information content (AvgIpc) is 2.89. The SMILES string of the molecule is COCOC(C)(C)CCC/C=C1/[C@H](OC(=O)C(C)(C)C)C[C@H]2C(=O)CCC[C@]12C. The van der Waals surface area contributed by atoms with Crippen LogP contribution in [0.15, 0.2) is 11.6 Å². The van der Waals surface area contributed by atoms with Crippen molar-refractivity contribution in [3.63, 3.8) is 0 Å². The molecule has 0 heterocycles. The number of rotatable bonds is 8. The molecule has 0 bridgehead atoms. The molecule has 0 spiro atoms. The molecule has 2 saturated carbocycles. The Morgan fingerprint density at radius 2 is 1.93 bits per heavy atom. The number of ether oxygens (including phenoxy) is 3. The molecule has 5 heteroatoms. The quantitative estimate of drug-likeness (QED) is 0.238. The monoisotopic (exact) mass is 408 g/mol. The van der Waals surface area contributed by atoms with Crippen LogP contribution in [-0.4, -0.2) is 37.4 Å². The zero-order chi connectivity index (χ0) is 21.9. The highest BCUT2D eigenvalue weighted by Crippen LogP contribution is 2.55.